The van der Waals surface area contributed by atoms with E-state index in [2.05, 4.69) is 33.0 Å². The third-order valence-corrected chi connectivity index (χ3v) is 5.22. The molecule has 1 aliphatic carbocycles. The molecular weight excluding hydrogens is 466 g/mol. The van der Waals surface area contributed by atoms with Crippen molar-refractivity contribution in [3.05, 3.63) is 11.8 Å². The largest absolute Gasteiger partial charge is 0.472 e. The number of aliphatic hydroxyl groups excluding tert-OH is 1. The second-order valence-electron chi connectivity index (χ2n) is 8.45. The van der Waals surface area contributed by atoms with Gasteiger partial charge < -0.3 is 29.4 Å². The molecule has 0 saturated heterocycles. The Morgan fingerprint density at radius 2 is 1.69 bits per heavy atom. The van der Waals surface area contributed by atoms with Crippen LogP contribution >= 0.6 is 0 Å². The van der Waals surface area contributed by atoms with E-state index in [-0.39, 0.29) is 18.6 Å². The van der Waals surface area contributed by atoms with Crippen molar-refractivity contribution in [1.29, 1.82) is 0 Å². The zero-order valence-corrected chi connectivity index (χ0v) is 23.9. The first-order valence-corrected chi connectivity index (χ1v) is 13.4. The molecular formula is C27H51NO8. The molecule has 1 fully saturated rings. The fourth-order valence-electron chi connectivity index (χ4n) is 3.55. The summed E-state index contributed by atoms with van der Waals surface area (Å²) >= 11 is 0. The predicted octanol–water partition coefficient (Wildman–Crippen LogP) is 5.35. The van der Waals surface area contributed by atoms with Crippen molar-refractivity contribution in [2.24, 2.45) is 17.8 Å². The molecule has 5 atom stereocenters. The number of hydrogen-bond donors (Lipinski definition) is 2. The molecule has 5 unspecified atom stereocenters. The summed E-state index contributed by atoms with van der Waals surface area (Å²) in [6.07, 6.45) is 4.12. The first kappa shape index (κ1) is 35.9. The van der Waals surface area contributed by atoms with Gasteiger partial charge in [0.15, 0.2) is 0 Å². The zero-order valence-electron chi connectivity index (χ0n) is 23.9. The summed E-state index contributed by atoms with van der Waals surface area (Å²) in [5.41, 5.74) is 0.331. The highest BCUT2D eigenvalue weighted by Crippen LogP contribution is 2.46. The van der Waals surface area contributed by atoms with Crippen molar-refractivity contribution < 1.29 is 38.4 Å². The maximum Gasteiger partial charge on any atom is 0.407 e. The van der Waals surface area contributed by atoms with Gasteiger partial charge in [0.2, 0.25) is 6.29 Å². The number of ether oxygens (including phenoxy) is 4. The number of fused-ring (bicyclic) bond motifs is 1. The molecule has 0 aromatic rings. The van der Waals surface area contributed by atoms with E-state index in [1.54, 1.807) is 6.92 Å². The molecule has 1 aliphatic heterocycles. The molecule has 2 rings (SSSR count). The summed E-state index contributed by atoms with van der Waals surface area (Å²) < 4.78 is 20.3. The maximum absolute atomic E-state index is 12.4. The van der Waals surface area contributed by atoms with E-state index in [9.17, 15) is 19.5 Å². The van der Waals surface area contributed by atoms with Gasteiger partial charge in [0.1, 0.15) is 6.10 Å². The molecule has 36 heavy (non-hydrogen) atoms. The van der Waals surface area contributed by atoms with Gasteiger partial charge in [0, 0.05) is 18.4 Å². The number of rotatable bonds is 8. The normalized spacial score (nSPS) is 22.1. The molecule has 0 bridgehead atoms. The summed E-state index contributed by atoms with van der Waals surface area (Å²) in [6.45, 7) is 16.7. The highest BCUT2D eigenvalue weighted by Gasteiger charge is 2.50. The lowest BCUT2D eigenvalue weighted by molar-refractivity contribution is -0.165. The number of amides is 1. The number of carbonyl (C=O) groups is 3. The lowest BCUT2D eigenvalue weighted by atomic mass is 9.83. The van der Waals surface area contributed by atoms with Crippen LogP contribution in [0.15, 0.2) is 11.8 Å². The van der Waals surface area contributed by atoms with Crippen molar-refractivity contribution >= 4 is 18.0 Å². The highest BCUT2D eigenvalue weighted by atomic mass is 16.6. The average molecular weight is 518 g/mol. The van der Waals surface area contributed by atoms with Crippen LogP contribution in [-0.2, 0) is 28.5 Å². The summed E-state index contributed by atoms with van der Waals surface area (Å²) in [7, 11) is 1.27. The first-order chi connectivity index (χ1) is 17.2. The number of alkyl carbamates (subject to hydrolysis) is 1. The lowest BCUT2D eigenvalue weighted by Crippen LogP contribution is -2.39. The minimum atomic E-state index is -1.17. The standard InChI is InChI=1S/C19H29NO8.2C3H8.C2H6/c1-4-11(2)28-19(24)20-8-5-9-26-17(22)13-7-6-12-14(16(21)25-3)10-27-18(23)15(12)13;2*1-3-2;1-2/h10-13,15,18,23H,4-9H2,1-3H3,(H,20,24);2*3H2,1-2H3;1-2H3. The summed E-state index contributed by atoms with van der Waals surface area (Å²) in [5.74, 6) is -2.37. The van der Waals surface area contributed by atoms with Crippen molar-refractivity contribution in [3.8, 4) is 0 Å². The minimum absolute atomic E-state index is 0.132. The molecule has 0 radical (unpaired) electrons. The number of aliphatic hydroxyl groups is 1. The molecule has 1 amide bonds. The van der Waals surface area contributed by atoms with Crippen LogP contribution in [0.2, 0.25) is 0 Å². The van der Waals surface area contributed by atoms with Crippen molar-refractivity contribution in [3.63, 3.8) is 0 Å². The van der Waals surface area contributed by atoms with Gasteiger partial charge in [-0.3, -0.25) is 4.79 Å². The minimum Gasteiger partial charge on any atom is -0.472 e. The second-order valence-corrected chi connectivity index (χ2v) is 8.45. The zero-order chi connectivity index (χ0) is 28.1. The first-order valence-electron chi connectivity index (χ1n) is 13.4. The van der Waals surface area contributed by atoms with Crippen LogP contribution in [0, 0.1) is 17.8 Å². The van der Waals surface area contributed by atoms with Gasteiger partial charge in [-0.1, -0.05) is 61.3 Å². The molecule has 212 valence electrons. The molecule has 1 saturated carbocycles. The van der Waals surface area contributed by atoms with Crippen LogP contribution in [0.25, 0.3) is 0 Å². The predicted molar refractivity (Wildman–Crippen MR) is 140 cm³/mol. The Morgan fingerprint density at radius 1 is 1.11 bits per heavy atom. The SMILES string of the molecule is CC.CCC.CCC.CCC(C)OC(=O)NCCCOC(=O)C1CCC2C(C(=O)OC)=COC(O)C12. The Balaban J connectivity index is 0. The maximum atomic E-state index is 12.4. The third-order valence-electron chi connectivity index (χ3n) is 5.22. The van der Waals surface area contributed by atoms with Crippen LogP contribution in [0.4, 0.5) is 4.79 Å². The number of esters is 2. The van der Waals surface area contributed by atoms with E-state index in [1.165, 1.54) is 26.2 Å². The molecule has 9 heteroatoms. The van der Waals surface area contributed by atoms with E-state index in [0.717, 1.165) is 6.42 Å². The van der Waals surface area contributed by atoms with Crippen LogP contribution in [-0.4, -0.2) is 55.8 Å². The van der Waals surface area contributed by atoms with E-state index in [4.69, 9.17) is 18.9 Å². The van der Waals surface area contributed by atoms with Crippen LogP contribution < -0.4 is 5.32 Å². The summed E-state index contributed by atoms with van der Waals surface area (Å²) in [5, 5.41) is 12.7. The molecule has 0 aromatic carbocycles. The van der Waals surface area contributed by atoms with Crippen LogP contribution in [0.3, 0.4) is 0 Å². The van der Waals surface area contributed by atoms with Crippen LogP contribution in [0.1, 0.15) is 93.9 Å². The Labute approximate surface area is 218 Å². The van der Waals surface area contributed by atoms with Crippen molar-refractivity contribution in [1.82, 2.24) is 5.32 Å². The van der Waals surface area contributed by atoms with Gasteiger partial charge in [-0.25, -0.2) is 9.59 Å². The second kappa shape index (κ2) is 21.9. The fourth-order valence-corrected chi connectivity index (χ4v) is 3.55. The summed E-state index contributed by atoms with van der Waals surface area (Å²) in [4.78, 5) is 35.8. The Kier molecular flexibility index (Phi) is 21.9. The van der Waals surface area contributed by atoms with E-state index >= 15 is 0 Å². The van der Waals surface area contributed by atoms with Gasteiger partial charge in [0.05, 0.1) is 31.5 Å². The molecule has 0 spiro atoms. The van der Waals surface area contributed by atoms with Gasteiger partial charge in [-0.2, -0.15) is 0 Å². The van der Waals surface area contributed by atoms with Crippen LogP contribution in [0.5, 0.6) is 0 Å². The Hall–Kier alpha value is -2.29. The molecule has 1 heterocycles. The number of carbonyl (C=O) groups excluding carboxylic acids is 3. The molecule has 2 aliphatic rings. The van der Waals surface area contributed by atoms with Gasteiger partial charge in [-0.05, 0) is 32.6 Å². The van der Waals surface area contributed by atoms with E-state index < -0.39 is 36.2 Å². The number of nitrogens with one attached hydrogen (secondary N) is 1. The monoisotopic (exact) mass is 517 g/mol. The number of hydrogen-bond acceptors (Lipinski definition) is 8. The smallest absolute Gasteiger partial charge is 0.407 e. The Bertz CT molecular complexity index is 635. The molecule has 9 nitrogen and oxygen atoms in total. The summed E-state index contributed by atoms with van der Waals surface area (Å²) in [6, 6.07) is 0. The quantitative estimate of drug-likeness (QED) is 0.251. The van der Waals surface area contributed by atoms with Gasteiger partial charge >= 0.3 is 18.0 Å². The van der Waals surface area contributed by atoms with E-state index in [1.807, 2.05) is 20.8 Å². The molecule has 2 N–H and O–H groups in total. The topological polar surface area (TPSA) is 120 Å². The number of methoxy groups -OCH3 is 1. The lowest BCUT2D eigenvalue weighted by Gasteiger charge is -2.32. The third kappa shape index (κ3) is 13.1. The molecule has 0 aromatic heterocycles. The van der Waals surface area contributed by atoms with Gasteiger partial charge in [-0.15, -0.1) is 0 Å². The van der Waals surface area contributed by atoms with Crippen molar-refractivity contribution in [2.75, 3.05) is 20.3 Å². The Morgan fingerprint density at radius 3 is 2.22 bits per heavy atom. The van der Waals surface area contributed by atoms with Crippen molar-refractivity contribution in [2.45, 2.75) is 106 Å². The fraction of sp³-hybridized carbons (Fsp3) is 0.815. The highest BCUT2D eigenvalue weighted by molar-refractivity contribution is 5.89. The van der Waals surface area contributed by atoms with Gasteiger partial charge in [0.25, 0.3) is 0 Å². The van der Waals surface area contributed by atoms with E-state index in [0.29, 0.717) is 31.4 Å². The average Bonchev–Trinajstić information content (AvgIpc) is 3.32.